The lowest BCUT2D eigenvalue weighted by molar-refractivity contribution is 0.355. The van der Waals surface area contributed by atoms with Crippen LogP contribution in [0.4, 0.5) is 5.82 Å². The fourth-order valence-corrected chi connectivity index (χ4v) is 2.16. The molecule has 0 spiro atoms. The van der Waals surface area contributed by atoms with E-state index in [4.69, 9.17) is 15.2 Å². The highest BCUT2D eigenvalue weighted by Gasteiger charge is 2.15. The SMILES string of the molecule is COc1cc(C)c(-c2[nH]nc(N)c2Br)cc1OC. The first-order valence-electron chi connectivity index (χ1n) is 5.30. The molecule has 18 heavy (non-hydrogen) atoms. The van der Waals surface area contributed by atoms with Gasteiger partial charge in [-0.05, 0) is 40.5 Å². The molecule has 5 nitrogen and oxygen atoms in total. The molecule has 0 aliphatic heterocycles. The number of nitrogens with two attached hydrogens (primary N) is 1. The van der Waals surface area contributed by atoms with Gasteiger partial charge in [-0.3, -0.25) is 5.10 Å². The highest BCUT2D eigenvalue weighted by atomic mass is 79.9. The Kier molecular flexibility index (Phi) is 3.47. The van der Waals surface area contributed by atoms with Gasteiger partial charge < -0.3 is 15.2 Å². The van der Waals surface area contributed by atoms with E-state index in [1.807, 2.05) is 19.1 Å². The van der Waals surface area contributed by atoms with Gasteiger partial charge in [0.25, 0.3) is 0 Å². The molecule has 3 N–H and O–H groups in total. The first kappa shape index (κ1) is 12.8. The van der Waals surface area contributed by atoms with Crippen molar-refractivity contribution in [2.45, 2.75) is 6.92 Å². The summed E-state index contributed by atoms with van der Waals surface area (Å²) in [7, 11) is 3.22. The lowest BCUT2D eigenvalue weighted by atomic mass is 10.0. The minimum absolute atomic E-state index is 0.430. The predicted molar refractivity (Wildman–Crippen MR) is 74.0 cm³/mol. The Bertz CT molecular complexity index is 581. The number of aromatic nitrogens is 2. The van der Waals surface area contributed by atoms with E-state index in [0.29, 0.717) is 17.3 Å². The zero-order chi connectivity index (χ0) is 13.3. The van der Waals surface area contributed by atoms with Crippen LogP contribution in [-0.4, -0.2) is 24.4 Å². The quantitative estimate of drug-likeness (QED) is 0.914. The Morgan fingerprint density at radius 2 is 1.83 bits per heavy atom. The maximum absolute atomic E-state index is 5.71. The van der Waals surface area contributed by atoms with Crippen molar-refractivity contribution in [1.29, 1.82) is 0 Å². The van der Waals surface area contributed by atoms with Crippen molar-refractivity contribution in [2.75, 3.05) is 20.0 Å². The van der Waals surface area contributed by atoms with E-state index >= 15 is 0 Å². The number of benzene rings is 1. The molecule has 2 aromatic rings. The zero-order valence-electron chi connectivity index (χ0n) is 10.4. The van der Waals surface area contributed by atoms with Crippen LogP contribution >= 0.6 is 15.9 Å². The number of nitrogens with one attached hydrogen (secondary N) is 1. The van der Waals surface area contributed by atoms with Gasteiger partial charge in [0, 0.05) is 5.56 Å². The standard InChI is InChI=1S/C12H14BrN3O2/c1-6-4-8(17-2)9(18-3)5-7(6)11-10(13)12(14)16-15-11/h4-5H,1-3H3,(H3,14,15,16). The van der Waals surface area contributed by atoms with Crippen molar-refractivity contribution >= 4 is 21.7 Å². The van der Waals surface area contributed by atoms with Crippen LogP contribution in [0.5, 0.6) is 11.5 Å². The van der Waals surface area contributed by atoms with Crippen LogP contribution in [0.3, 0.4) is 0 Å². The number of hydrogen-bond donors (Lipinski definition) is 2. The second kappa shape index (κ2) is 4.89. The number of halogens is 1. The third-order valence-corrected chi connectivity index (χ3v) is 3.54. The van der Waals surface area contributed by atoms with E-state index in [9.17, 15) is 0 Å². The topological polar surface area (TPSA) is 73.2 Å². The van der Waals surface area contributed by atoms with E-state index in [1.54, 1.807) is 14.2 Å². The van der Waals surface area contributed by atoms with Gasteiger partial charge in [0.1, 0.15) is 0 Å². The molecule has 0 aliphatic carbocycles. The molecule has 0 bridgehead atoms. The van der Waals surface area contributed by atoms with Crippen molar-refractivity contribution in [2.24, 2.45) is 0 Å². The average Bonchev–Trinajstić information content (AvgIpc) is 2.70. The first-order chi connectivity index (χ1) is 8.58. The molecule has 1 aromatic heterocycles. The molecule has 0 unspecified atom stereocenters. The Morgan fingerprint density at radius 1 is 1.22 bits per heavy atom. The molecule has 0 saturated heterocycles. The average molecular weight is 312 g/mol. The summed E-state index contributed by atoms with van der Waals surface area (Å²) >= 11 is 3.41. The second-order valence-corrected chi connectivity index (χ2v) is 4.61. The van der Waals surface area contributed by atoms with Crippen LogP contribution in [0.15, 0.2) is 16.6 Å². The molecule has 6 heteroatoms. The summed E-state index contributed by atoms with van der Waals surface area (Å²) in [5.74, 6) is 1.79. The lowest BCUT2D eigenvalue weighted by Crippen LogP contribution is -1.94. The fraction of sp³-hybridized carbons (Fsp3) is 0.250. The van der Waals surface area contributed by atoms with Crippen molar-refractivity contribution in [3.8, 4) is 22.8 Å². The van der Waals surface area contributed by atoms with Gasteiger partial charge in [0.2, 0.25) is 0 Å². The molecule has 0 fully saturated rings. The number of anilines is 1. The Balaban J connectivity index is 2.61. The van der Waals surface area contributed by atoms with Crippen LogP contribution in [-0.2, 0) is 0 Å². The first-order valence-corrected chi connectivity index (χ1v) is 6.10. The van der Waals surface area contributed by atoms with Crippen LogP contribution < -0.4 is 15.2 Å². The molecule has 1 heterocycles. The maximum Gasteiger partial charge on any atom is 0.161 e. The highest BCUT2D eigenvalue weighted by molar-refractivity contribution is 9.10. The highest BCUT2D eigenvalue weighted by Crippen LogP contribution is 2.38. The van der Waals surface area contributed by atoms with Crippen LogP contribution in [0.25, 0.3) is 11.3 Å². The third-order valence-electron chi connectivity index (χ3n) is 2.73. The molecule has 2 rings (SSSR count). The number of H-pyrrole nitrogens is 1. The molecule has 96 valence electrons. The van der Waals surface area contributed by atoms with Crippen LogP contribution in [0, 0.1) is 6.92 Å². The van der Waals surface area contributed by atoms with Crippen LogP contribution in [0.2, 0.25) is 0 Å². The second-order valence-electron chi connectivity index (χ2n) is 3.82. The number of methoxy groups -OCH3 is 2. The zero-order valence-corrected chi connectivity index (χ0v) is 12.0. The summed E-state index contributed by atoms with van der Waals surface area (Å²) in [6, 6.07) is 3.81. The molecule has 0 aliphatic rings. The summed E-state index contributed by atoms with van der Waals surface area (Å²) in [6.07, 6.45) is 0. The Labute approximate surface area is 113 Å². The smallest absolute Gasteiger partial charge is 0.161 e. The van der Waals surface area contributed by atoms with Crippen LogP contribution in [0.1, 0.15) is 5.56 Å². The summed E-state index contributed by atoms with van der Waals surface area (Å²) in [5, 5.41) is 6.87. The van der Waals surface area contributed by atoms with Gasteiger partial charge in [-0.2, -0.15) is 5.10 Å². The van der Waals surface area contributed by atoms with E-state index in [2.05, 4.69) is 26.1 Å². The number of rotatable bonds is 3. The number of hydrogen-bond acceptors (Lipinski definition) is 4. The lowest BCUT2D eigenvalue weighted by Gasteiger charge is -2.12. The summed E-state index contributed by atoms with van der Waals surface area (Å²) in [6.45, 7) is 1.99. The number of aryl methyl sites for hydroxylation is 1. The molecule has 0 amide bonds. The summed E-state index contributed by atoms with van der Waals surface area (Å²) < 4.78 is 11.3. The molecule has 0 radical (unpaired) electrons. The van der Waals surface area contributed by atoms with Gasteiger partial charge >= 0.3 is 0 Å². The molecular weight excluding hydrogens is 298 g/mol. The van der Waals surface area contributed by atoms with E-state index < -0.39 is 0 Å². The maximum atomic E-state index is 5.71. The third kappa shape index (κ3) is 2.03. The minimum atomic E-state index is 0.430. The molecule has 0 atom stereocenters. The monoisotopic (exact) mass is 311 g/mol. The fourth-order valence-electron chi connectivity index (χ4n) is 1.77. The normalized spacial score (nSPS) is 10.4. The number of nitrogens with zero attached hydrogens (tertiary/aromatic N) is 1. The van der Waals surface area contributed by atoms with Gasteiger partial charge in [-0.25, -0.2) is 0 Å². The van der Waals surface area contributed by atoms with Crippen molar-refractivity contribution < 1.29 is 9.47 Å². The van der Waals surface area contributed by atoms with E-state index in [0.717, 1.165) is 21.3 Å². The molecule has 1 aromatic carbocycles. The summed E-state index contributed by atoms with van der Waals surface area (Å²) in [4.78, 5) is 0. The van der Waals surface area contributed by atoms with Crippen molar-refractivity contribution in [1.82, 2.24) is 10.2 Å². The van der Waals surface area contributed by atoms with Crippen molar-refractivity contribution in [3.05, 3.63) is 22.2 Å². The number of nitrogen functional groups attached to an aromatic ring is 1. The van der Waals surface area contributed by atoms with E-state index in [1.165, 1.54) is 0 Å². The molecule has 0 saturated carbocycles. The largest absolute Gasteiger partial charge is 0.493 e. The molecular formula is C12H14BrN3O2. The Morgan fingerprint density at radius 3 is 2.33 bits per heavy atom. The van der Waals surface area contributed by atoms with Crippen molar-refractivity contribution in [3.63, 3.8) is 0 Å². The van der Waals surface area contributed by atoms with Gasteiger partial charge in [0.05, 0.1) is 24.4 Å². The Hall–Kier alpha value is -1.69. The van der Waals surface area contributed by atoms with Gasteiger partial charge in [-0.15, -0.1) is 0 Å². The number of aromatic amines is 1. The van der Waals surface area contributed by atoms with Gasteiger partial charge in [-0.1, -0.05) is 0 Å². The van der Waals surface area contributed by atoms with E-state index in [-0.39, 0.29) is 0 Å². The predicted octanol–water partition coefficient (Wildman–Crippen LogP) is 2.75. The minimum Gasteiger partial charge on any atom is -0.493 e. The van der Waals surface area contributed by atoms with Gasteiger partial charge in [0.15, 0.2) is 17.3 Å². The summed E-state index contributed by atoms with van der Waals surface area (Å²) in [5.41, 5.74) is 8.54. The number of ether oxygens (including phenoxy) is 2.